The van der Waals surface area contributed by atoms with Crippen molar-refractivity contribution in [3.63, 3.8) is 0 Å². The number of aromatic nitrogens is 6. The van der Waals surface area contributed by atoms with Crippen LogP contribution < -0.4 is 21.9 Å². The van der Waals surface area contributed by atoms with Crippen molar-refractivity contribution in [2.24, 2.45) is 21.1 Å². The Labute approximate surface area is 183 Å². The van der Waals surface area contributed by atoms with Gasteiger partial charge in [0, 0.05) is 26.8 Å². The molecule has 13 heteroatoms. The van der Waals surface area contributed by atoms with Gasteiger partial charge in [-0.2, -0.15) is 0 Å². The molecule has 3 heterocycles. The highest BCUT2D eigenvalue weighted by Gasteiger charge is 2.19. The summed E-state index contributed by atoms with van der Waals surface area (Å²) in [6, 6.07) is 7.00. The van der Waals surface area contributed by atoms with Crippen LogP contribution in [-0.4, -0.2) is 34.9 Å². The summed E-state index contributed by atoms with van der Waals surface area (Å²) in [7, 11) is 4.68. The minimum atomic E-state index is -0.450. The van der Waals surface area contributed by atoms with Crippen LogP contribution in [0.4, 0.5) is 15.6 Å². The predicted molar refractivity (Wildman–Crippen MR) is 119 cm³/mol. The first-order valence-electron chi connectivity index (χ1n) is 9.03. The standard InChI is InChI=1S/C18H18N8O3S2/c1-9-6-5-7-10(8-9)19-14(28)21-15-22-23-17(30-15)31-16-20-12-11(24(16)2)13(27)26(4)18(29)25(12)3/h5-8H,1-4H3,(H2,19,21,22,28). The number of nitrogens with zero attached hydrogens (tertiary/aromatic N) is 6. The molecule has 0 bridgehead atoms. The molecule has 0 aliphatic heterocycles. The maximum atomic E-state index is 12.5. The summed E-state index contributed by atoms with van der Waals surface area (Å²) in [4.78, 5) is 41.2. The van der Waals surface area contributed by atoms with E-state index in [0.29, 0.717) is 31.5 Å². The zero-order valence-corrected chi connectivity index (χ0v) is 18.7. The van der Waals surface area contributed by atoms with E-state index in [1.54, 1.807) is 24.7 Å². The van der Waals surface area contributed by atoms with E-state index in [1.165, 1.54) is 34.7 Å². The highest BCUT2D eigenvalue weighted by molar-refractivity contribution is 8.01. The highest BCUT2D eigenvalue weighted by atomic mass is 32.2. The number of urea groups is 1. The summed E-state index contributed by atoms with van der Waals surface area (Å²) in [6.07, 6.45) is 0. The van der Waals surface area contributed by atoms with E-state index in [9.17, 15) is 14.4 Å². The third-order valence-corrected chi connectivity index (χ3v) is 6.45. The number of aryl methyl sites for hydroxylation is 3. The average Bonchev–Trinajstić information content (AvgIpc) is 3.29. The summed E-state index contributed by atoms with van der Waals surface area (Å²) >= 11 is 2.35. The van der Waals surface area contributed by atoms with Gasteiger partial charge < -0.3 is 9.88 Å². The van der Waals surface area contributed by atoms with Crippen molar-refractivity contribution in [1.29, 1.82) is 0 Å². The lowest BCUT2D eigenvalue weighted by atomic mass is 10.2. The van der Waals surface area contributed by atoms with Crippen LogP contribution >= 0.6 is 23.1 Å². The summed E-state index contributed by atoms with van der Waals surface area (Å²) in [5.74, 6) is 0. The fraction of sp³-hybridized carbons (Fsp3) is 0.222. The zero-order valence-electron chi connectivity index (χ0n) is 17.0. The fourth-order valence-electron chi connectivity index (χ4n) is 2.95. The van der Waals surface area contributed by atoms with Crippen molar-refractivity contribution in [2.75, 3.05) is 10.6 Å². The second-order valence-corrected chi connectivity index (χ2v) is 8.95. The summed E-state index contributed by atoms with van der Waals surface area (Å²) < 4.78 is 4.49. The molecular weight excluding hydrogens is 440 g/mol. The number of nitrogens with one attached hydrogen (secondary N) is 2. The molecule has 0 radical (unpaired) electrons. The van der Waals surface area contributed by atoms with Crippen molar-refractivity contribution >= 4 is 51.1 Å². The lowest BCUT2D eigenvalue weighted by molar-refractivity contribution is 0.262. The van der Waals surface area contributed by atoms with Crippen LogP contribution in [0.5, 0.6) is 0 Å². The van der Waals surface area contributed by atoms with E-state index in [4.69, 9.17) is 0 Å². The molecule has 2 N–H and O–H groups in total. The van der Waals surface area contributed by atoms with E-state index in [-0.39, 0.29) is 0 Å². The first kappa shape index (κ1) is 20.8. The fourth-order valence-corrected chi connectivity index (χ4v) is 4.65. The van der Waals surface area contributed by atoms with Gasteiger partial charge in [-0.15, -0.1) is 10.2 Å². The smallest absolute Gasteiger partial charge is 0.316 e. The number of carbonyl (C=O) groups excluding carboxylic acids is 1. The van der Waals surface area contributed by atoms with Crippen LogP contribution in [0.1, 0.15) is 5.56 Å². The Morgan fingerprint density at radius 2 is 1.84 bits per heavy atom. The molecular formula is C18H18N8O3S2. The van der Waals surface area contributed by atoms with Crippen LogP contribution in [0.25, 0.3) is 11.2 Å². The molecule has 11 nitrogen and oxygen atoms in total. The Bertz CT molecular complexity index is 1430. The molecule has 4 aromatic rings. The molecule has 160 valence electrons. The SMILES string of the molecule is Cc1cccc(NC(=O)Nc2nnc(Sc3nc4c(c(=O)n(C)c(=O)n4C)n3C)s2)c1. The van der Waals surface area contributed by atoms with Crippen LogP contribution in [0.3, 0.4) is 0 Å². The molecule has 0 saturated heterocycles. The first-order valence-corrected chi connectivity index (χ1v) is 10.7. The number of hydrogen-bond acceptors (Lipinski definition) is 8. The molecule has 31 heavy (non-hydrogen) atoms. The number of rotatable bonds is 4. The van der Waals surface area contributed by atoms with E-state index in [0.717, 1.165) is 10.1 Å². The van der Waals surface area contributed by atoms with Crippen LogP contribution in [0.2, 0.25) is 0 Å². The third kappa shape index (κ3) is 3.96. The normalized spacial score (nSPS) is 11.1. The van der Waals surface area contributed by atoms with Gasteiger partial charge in [0.2, 0.25) is 5.13 Å². The zero-order chi connectivity index (χ0) is 22.3. The number of fused-ring (bicyclic) bond motifs is 1. The second kappa shape index (κ2) is 8.00. The maximum absolute atomic E-state index is 12.5. The predicted octanol–water partition coefficient (Wildman–Crippen LogP) is 1.93. The molecule has 4 rings (SSSR count). The van der Waals surface area contributed by atoms with Crippen molar-refractivity contribution in [3.05, 3.63) is 50.7 Å². The van der Waals surface area contributed by atoms with Crippen molar-refractivity contribution in [3.8, 4) is 0 Å². The Morgan fingerprint density at radius 1 is 1.06 bits per heavy atom. The number of anilines is 2. The van der Waals surface area contributed by atoms with E-state index >= 15 is 0 Å². The van der Waals surface area contributed by atoms with Gasteiger partial charge >= 0.3 is 11.7 Å². The molecule has 0 atom stereocenters. The number of hydrogen-bond donors (Lipinski definition) is 2. The minimum absolute atomic E-state index is 0.290. The first-order chi connectivity index (χ1) is 14.7. The van der Waals surface area contributed by atoms with E-state index < -0.39 is 17.3 Å². The van der Waals surface area contributed by atoms with Gasteiger partial charge in [-0.3, -0.25) is 19.2 Å². The van der Waals surface area contributed by atoms with Crippen LogP contribution in [-0.2, 0) is 21.1 Å². The van der Waals surface area contributed by atoms with Crippen LogP contribution in [0, 0.1) is 6.92 Å². The molecule has 0 aliphatic rings. The largest absolute Gasteiger partial charge is 0.332 e. The maximum Gasteiger partial charge on any atom is 0.332 e. The lowest BCUT2D eigenvalue weighted by Crippen LogP contribution is -2.37. The van der Waals surface area contributed by atoms with E-state index in [2.05, 4.69) is 25.8 Å². The minimum Gasteiger partial charge on any atom is -0.316 e. The van der Waals surface area contributed by atoms with Gasteiger partial charge in [-0.1, -0.05) is 23.5 Å². The third-order valence-electron chi connectivity index (χ3n) is 4.52. The molecule has 0 spiro atoms. The van der Waals surface area contributed by atoms with Gasteiger partial charge in [0.25, 0.3) is 5.56 Å². The van der Waals surface area contributed by atoms with Crippen molar-refractivity contribution in [1.82, 2.24) is 28.9 Å². The molecule has 0 fully saturated rings. The number of amides is 2. The van der Waals surface area contributed by atoms with Gasteiger partial charge in [0.05, 0.1) is 0 Å². The number of benzene rings is 1. The lowest BCUT2D eigenvalue weighted by Gasteiger charge is -2.05. The molecule has 3 aromatic heterocycles. The Hall–Kier alpha value is -3.45. The van der Waals surface area contributed by atoms with Gasteiger partial charge in [-0.25, -0.2) is 14.6 Å². The Balaban J connectivity index is 1.53. The van der Waals surface area contributed by atoms with Crippen molar-refractivity contribution in [2.45, 2.75) is 16.4 Å². The van der Waals surface area contributed by atoms with Crippen LogP contribution in [0.15, 0.2) is 43.4 Å². The molecule has 1 aromatic carbocycles. The second-order valence-electron chi connectivity index (χ2n) is 6.76. The Kier molecular flexibility index (Phi) is 5.37. The number of carbonyl (C=O) groups is 1. The van der Waals surface area contributed by atoms with Gasteiger partial charge in [0.1, 0.15) is 0 Å². The Morgan fingerprint density at radius 3 is 2.58 bits per heavy atom. The molecule has 0 saturated carbocycles. The summed E-state index contributed by atoms with van der Waals surface area (Å²) in [5, 5.41) is 14.2. The highest BCUT2D eigenvalue weighted by Crippen LogP contribution is 2.32. The average molecular weight is 459 g/mol. The quantitative estimate of drug-likeness (QED) is 0.447. The topological polar surface area (TPSA) is 129 Å². The van der Waals surface area contributed by atoms with E-state index in [1.807, 2.05) is 25.1 Å². The summed E-state index contributed by atoms with van der Waals surface area (Å²) in [6.45, 7) is 1.94. The van der Waals surface area contributed by atoms with Gasteiger partial charge in [-0.05, 0) is 36.4 Å². The monoisotopic (exact) mass is 458 g/mol. The molecule has 0 aliphatic carbocycles. The molecule has 0 unspecified atom stereocenters. The van der Waals surface area contributed by atoms with Gasteiger partial charge in [0.15, 0.2) is 20.7 Å². The molecule has 2 amide bonds. The number of imidazole rings is 1. The van der Waals surface area contributed by atoms with Crippen molar-refractivity contribution < 1.29 is 4.79 Å². The summed E-state index contributed by atoms with van der Waals surface area (Å²) in [5.41, 5.74) is 1.43.